The highest BCUT2D eigenvalue weighted by Crippen LogP contribution is 2.30. The molecule has 0 saturated carbocycles. The number of nitrogens with one attached hydrogen (secondary N) is 1. The van der Waals surface area contributed by atoms with Gasteiger partial charge >= 0.3 is 6.03 Å². The maximum atomic E-state index is 13.3. The molecule has 35 heavy (non-hydrogen) atoms. The Morgan fingerprint density at radius 1 is 0.971 bits per heavy atom. The average Bonchev–Trinajstić information content (AvgIpc) is 2.79. The van der Waals surface area contributed by atoms with Crippen molar-refractivity contribution in [2.24, 2.45) is 0 Å². The van der Waals surface area contributed by atoms with Gasteiger partial charge in [-0.25, -0.2) is 9.69 Å². The molecule has 1 heterocycles. The van der Waals surface area contributed by atoms with Crippen molar-refractivity contribution in [1.82, 2.24) is 5.32 Å². The second kappa shape index (κ2) is 10.2. The SMILES string of the molecule is Cc1ccc(N2C(=O)NC(=O)/C(=C\c3cc(Br)ccc3OCc3ccc(Cl)c(Cl)c3)C2=O)c(C)c1. The summed E-state index contributed by atoms with van der Waals surface area (Å²) in [5.74, 6) is -1.07. The number of barbiturate groups is 1. The van der Waals surface area contributed by atoms with Crippen LogP contribution in [0.25, 0.3) is 6.08 Å². The normalized spacial score (nSPS) is 14.9. The fourth-order valence-electron chi connectivity index (χ4n) is 3.64. The third-order valence-corrected chi connectivity index (χ3v) is 6.58. The van der Waals surface area contributed by atoms with Crippen molar-refractivity contribution in [2.45, 2.75) is 20.5 Å². The monoisotopic (exact) mass is 572 g/mol. The Balaban J connectivity index is 1.68. The number of ether oxygens (including phenoxy) is 1. The van der Waals surface area contributed by atoms with Crippen LogP contribution in [-0.2, 0) is 16.2 Å². The van der Waals surface area contributed by atoms with Crippen molar-refractivity contribution in [3.8, 4) is 5.75 Å². The topological polar surface area (TPSA) is 75.7 Å². The lowest BCUT2D eigenvalue weighted by atomic mass is 10.0. The van der Waals surface area contributed by atoms with E-state index in [1.165, 1.54) is 6.08 Å². The number of rotatable bonds is 5. The van der Waals surface area contributed by atoms with E-state index in [2.05, 4.69) is 21.2 Å². The van der Waals surface area contributed by atoms with Gasteiger partial charge in [-0.2, -0.15) is 0 Å². The first kappa shape index (κ1) is 25.0. The molecular formula is C26H19BrCl2N2O4. The third kappa shape index (κ3) is 5.42. The van der Waals surface area contributed by atoms with Gasteiger partial charge in [-0.15, -0.1) is 0 Å². The third-order valence-electron chi connectivity index (χ3n) is 5.34. The standard InChI is InChI=1S/C26H19BrCl2N2O4/c1-14-3-7-22(15(2)9-14)31-25(33)19(24(32)30-26(31)34)12-17-11-18(27)5-8-23(17)35-13-16-4-6-20(28)21(29)10-16/h3-12H,13H2,1-2H3,(H,30,32,34)/b19-12+. The lowest BCUT2D eigenvalue weighted by Gasteiger charge is -2.27. The zero-order valence-corrected chi connectivity index (χ0v) is 21.8. The molecule has 0 bridgehead atoms. The molecule has 1 fully saturated rings. The molecule has 6 nitrogen and oxygen atoms in total. The molecule has 0 unspecified atom stereocenters. The Morgan fingerprint density at radius 3 is 2.46 bits per heavy atom. The van der Waals surface area contributed by atoms with Crippen molar-refractivity contribution in [3.05, 3.63) is 96.9 Å². The number of amides is 4. The molecule has 3 aromatic rings. The van der Waals surface area contributed by atoms with Gasteiger partial charge in [-0.1, -0.05) is 62.9 Å². The van der Waals surface area contributed by atoms with Crippen LogP contribution in [0.4, 0.5) is 10.5 Å². The summed E-state index contributed by atoms with van der Waals surface area (Å²) in [7, 11) is 0. The number of hydrogen-bond donors (Lipinski definition) is 1. The lowest BCUT2D eigenvalue weighted by molar-refractivity contribution is -0.122. The van der Waals surface area contributed by atoms with Crippen molar-refractivity contribution >= 4 is 68.7 Å². The minimum Gasteiger partial charge on any atom is -0.488 e. The van der Waals surface area contributed by atoms with Crippen molar-refractivity contribution in [1.29, 1.82) is 0 Å². The molecule has 1 saturated heterocycles. The quantitative estimate of drug-likeness (QED) is 0.275. The van der Waals surface area contributed by atoms with Gasteiger partial charge in [0.25, 0.3) is 11.8 Å². The van der Waals surface area contributed by atoms with Gasteiger partial charge in [0.15, 0.2) is 0 Å². The summed E-state index contributed by atoms with van der Waals surface area (Å²) < 4.78 is 6.68. The summed E-state index contributed by atoms with van der Waals surface area (Å²) in [6.07, 6.45) is 1.41. The molecule has 0 aromatic heterocycles. The van der Waals surface area contributed by atoms with E-state index >= 15 is 0 Å². The molecule has 0 aliphatic carbocycles. The van der Waals surface area contributed by atoms with Crippen LogP contribution in [0.2, 0.25) is 10.0 Å². The van der Waals surface area contributed by atoms with Crippen LogP contribution in [0.5, 0.6) is 5.75 Å². The molecule has 178 valence electrons. The summed E-state index contributed by atoms with van der Waals surface area (Å²) in [4.78, 5) is 39.5. The maximum Gasteiger partial charge on any atom is 0.335 e. The van der Waals surface area contributed by atoms with Gasteiger partial charge in [0.2, 0.25) is 0 Å². The van der Waals surface area contributed by atoms with Gasteiger partial charge in [-0.3, -0.25) is 14.9 Å². The van der Waals surface area contributed by atoms with Crippen LogP contribution in [0.15, 0.2) is 64.6 Å². The second-order valence-corrected chi connectivity index (χ2v) is 9.70. The Labute approximate surface area is 220 Å². The van der Waals surface area contributed by atoms with Gasteiger partial charge < -0.3 is 4.74 Å². The van der Waals surface area contributed by atoms with Crippen molar-refractivity contribution < 1.29 is 19.1 Å². The summed E-state index contributed by atoms with van der Waals surface area (Å²) in [5.41, 5.74) is 3.20. The molecule has 0 spiro atoms. The number of halogens is 3. The summed E-state index contributed by atoms with van der Waals surface area (Å²) in [6.45, 7) is 3.89. The van der Waals surface area contributed by atoms with Crippen LogP contribution >= 0.6 is 39.1 Å². The van der Waals surface area contributed by atoms with E-state index in [0.717, 1.165) is 26.1 Å². The predicted octanol–water partition coefficient (Wildman–Crippen LogP) is 6.62. The molecule has 1 aliphatic rings. The Hall–Kier alpha value is -3.13. The number of anilines is 1. The van der Waals surface area contributed by atoms with E-state index in [1.807, 2.05) is 13.0 Å². The Morgan fingerprint density at radius 2 is 1.74 bits per heavy atom. The van der Waals surface area contributed by atoms with Gasteiger partial charge in [-0.05, 0) is 67.4 Å². The van der Waals surface area contributed by atoms with E-state index in [-0.39, 0.29) is 12.2 Å². The smallest absolute Gasteiger partial charge is 0.335 e. The van der Waals surface area contributed by atoms with Crippen LogP contribution in [0, 0.1) is 13.8 Å². The molecule has 0 radical (unpaired) electrons. The fourth-order valence-corrected chi connectivity index (χ4v) is 4.34. The second-order valence-electron chi connectivity index (χ2n) is 7.97. The minimum absolute atomic E-state index is 0.183. The lowest BCUT2D eigenvalue weighted by Crippen LogP contribution is -2.54. The molecular weight excluding hydrogens is 555 g/mol. The Bertz CT molecular complexity index is 1400. The number of urea groups is 1. The van der Waals surface area contributed by atoms with E-state index in [0.29, 0.717) is 27.0 Å². The molecule has 9 heteroatoms. The highest BCUT2D eigenvalue weighted by Gasteiger charge is 2.37. The number of nitrogens with zero attached hydrogens (tertiary/aromatic N) is 1. The van der Waals surface area contributed by atoms with Gasteiger partial charge in [0, 0.05) is 10.0 Å². The predicted molar refractivity (Wildman–Crippen MR) is 140 cm³/mol. The maximum absolute atomic E-state index is 13.3. The minimum atomic E-state index is -0.797. The van der Waals surface area contributed by atoms with E-state index in [4.69, 9.17) is 27.9 Å². The molecule has 1 N–H and O–H groups in total. The zero-order chi connectivity index (χ0) is 25.3. The number of hydrogen-bond acceptors (Lipinski definition) is 4. The van der Waals surface area contributed by atoms with Crippen molar-refractivity contribution in [2.75, 3.05) is 4.90 Å². The highest BCUT2D eigenvalue weighted by molar-refractivity contribution is 9.10. The molecule has 1 aliphatic heterocycles. The number of aryl methyl sites for hydroxylation is 2. The number of benzene rings is 3. The van der Waals surface area contributed by atoms with Crippen LogP contribution < -0.4 is 15.0 Å². The number of carbonyl (C=O) groups is 3. The Kier molecular flexibility index (Phi) is 7.31. The van der Waals surface area contributed by atoms with Crippen LogP contribution in [0.1, 0.15) is 22.3 Å². The molecule has 0 atom stereocenters. The summed E-state index contributed by atoms with van der Waals surface area (Å²) >= 11 is 15.5. The summed E-state index contributed by atoms with van der Waals surface area (Å²) in [5, 5.41) is 3.10. The number of carbonyl (C=O) groups excluding carboxylic acids is 3. The van der Waals surface area contributed by atoms with Crippen LogP contribution in [0.3, 0.4) is 0 Å². The van der Waals surface area contributed by atoms with E-state index in [9.17, 15) is 14.4 Å². The largest absolute Gasteiger partial charge is 0.488 e. The average molecular weight is 574 g/mol. The highest BCUT2D eigenvalue weighted by atomic mass is 79.9. The summed E-state index contributed by atoms with van der Waals surface area (Å²) in [6, 6.07) is 14.9. The van der Waals surface area contributed by atoms with Gasteiger partial charge in [0.05, 0.1) is 15.7 Å². The molecule has 4 rings (SSSR count). The first-order valence-corrected chi connectivity index (χ1v) is 12.0. The first-order valence-electron chi connectivity index (χ1n) is 10.5. The molecule has 3 aromatic carbocycles. The fraction of sp³-hybridized carbons (Fsp3) is 0.115. The van der Waals surface area contributed by atoms with Crippen molar-refractivity contribution in [3.63, 3.8) is 0 Å². The van der Waals surface area contributed by atoms with E-state index < -0.39 is 17.8 Å². The van der Waals surface area contributed by atoms with E-state index in [1.54, 1.807) is 55.5 Å². The molecule has 4 amide bonds. The zero-order valence-electron chi connectivity index (χ0n) is 18.7. The van der Waals surface area contributed by atoms with Gasteiger partial charge in [0.1, 0.15) is 17.9 Å². The number of imide groups is 2. The first-order chi connectivity index (χ1) is 16.6. The van der Waals surface area contributed by atoms with Crippen LogP contribution in [-0.4, -0.2) is 17.8 Å².